The van der Waals surface area contributed by atoms with Gasteiger partial charge in [-0.25, -0.2) is 0 Å². The van der Waals surface area contributed by atoms with Crippen LogP contribution in [-0.2, 0) is 4.74 Å². The van der Waals surface area contributed by atoms with Crippen molar-refractivity contribution in [3.8, 4) is 0 Å². The Hall–Kier alpha value is -0.0800. The molecular formula is C15H30O2. The van der Waals surface area contributed by atoms with Crippen LogP contribution in [-0.4, -0.2) is 23.9 Å². The van der Waals surface area contributed by atoms with Crippen LogP contribution < -0.4 is 0 Å². The average molecular weight is 242 g/mol. The first-order valence-electron chi connectivity index (χ1n) is 6.88. The van der Waals surface area contributed by atoms with Gasteiger partial charge < -0.3 is 9.84 Å². The summed E-state index contributed by atoms with van der Waals surface area (Å²) < 4.78 is 5.90. The van der Waals surface area contributed by atoms with E-state index in [4.69, 9.17) is 4.74 Å². The second-order valence-electron chi connectivity index (χ2n) is 7.66. The van der Waals surface area contributed by atoms with Gasteiger partial charge in [-0.2, -0.15) is 0 Å². The highest BCUT2D eigenvalue weighted by molar-refractivity contribution is 4.89. The Morgan fingerprint density at radius 3 is 1.94 bits per heavy atom. The van der Waals surface area contributed by atoms with E-state index in [0.717, 1.165) is 13.0 Å². The van der Waals surface area contributed by atoms with Crippen molar-refractivity contribution in [1.29, 1.82) is 0 Å². The van der Waals surface area contributed by atoms with Crippen LogP contribution in [0.2, 0.25) is 0 Å². The lowest BCUT2D eigenvalue weighted by molar-refractivity contribution is -0.0326. The molecule has 102 valence electrons. The molecule has 0 unspecified atom stereocenters. The summed E-state index contributed by atoms with van der Waals surface area (Å²) in [7, 11) is 0. The first kappa shape index (κ1) is 15.0. The monoisotopic (exact) mass is 242 g/mol. The van der Waals surface area contributed by atoms with E-state index in [1.54, 1.807) is 0 Å². The molecule has 0 saturated heterocycles. The van der Waals surface area contributed by atoms with Crippen molar-refractivity contribution in [2.45, 2.75) is 60.0 Å². The molecule has 1 aliphatic carbocycles. The molecule has 2 heteroatoms. The van der Waals surface area contributed by atoms with E-state index in [2.05, 4.69) is 41.5 Å². The molecule has 1 rings (SSSR count). The van der Waals surface area contributed by atoms with Crippen LogP contribution in [0.25, 0.3) is 0 Å². The minimum absolute atomic E-state index is 0.0696. The zero-order valence-corrected chi connectivity index (χ0v) is 12.4. The van der Waals surface area contributed by atoms with Gasteiger partial charge in [0.15, 0.2) is 0 Å². The van der Waals surface area contributed by atoms with Crippen molar-refractivity contribution in [2.24, 2.45) is 23.2 Å². The second kappa shape index (κ2) is 5.27. The summed E-state index contributed by atoms with van der Waals surface area (Å²) in [6.07, 6.45) is 2.35. The molecule has 0 aromatic carbocycles. The first-order chi connectivity index (χ1) is 7.63. The molecule has 1 N–H and O–H groups in total. The number of aliphatic hydroxyl groups excluding tert-OH is 1. The topological polar surface area (TPSA) is 29.5 Å². The molecule has 17 heavy (non-hydrogen) atoms. The van der Waals surface area contributed by atoms with Gasteiger partial charge in [-0.1, -0.05) is 20.8 Å². The molecule has 3 atom stereocenters. The van der Waals surface area contributed by atoms with Gasteiger partial charge >= 0.3 is 0 Å². The summed E-state index contributed by atoms with van der Waals surface area (Å²) in [5.74, 6) is 1.68. The lowest BCUT2D eigenvalue weighted by Gasteiger charge is -2.27. The van der Waals surface area contributed by atoms with Gasteiger partial charge in [0, 0.05) is 6.61 Å². The van der Waals surface area contributed by atoms with Crippen molar-refractivity contribution in [1.82, 2.24) is 0 Å². The second-order valence-corrected chi connectivity index (χ2v) is 7.66. The SMILES string of the molecule is CC(C)(C)OC[C@@H]1C[C@@H](C(C)(C)C)C[C@H]1CO. The van der Waals surface area contributed by atoms with E-state index < -0.39 is 0 Å². The van der Waals surface area contributed by atoms with Crippen LogP contribution in [0.15, 0.2) is 0 Å². The average Bonchev–Trinajstić information content (AvgIpc) is 2.55. The first-order valence-corrected chi connectivity index (χ1v) is 6.88. The van der Waals surface area contributed by atoms with Gasteiger partial charge in [0.2, 0.25) is 0 Å². The third-order valence-electron chi connectivity index (χ3n) is 4.03. The fourth-order valence-corrected chi connectivity index (χ4v) is 2.70. The van der Waals surface area contributed by atoms with Gasteiger partial charge in [-0.05, 0) is 56.8 Å². The van der Waals surface area contributed by atoms with E-state index in [-0.39, 0.29) is 5.60 Å². The van der Waals surface area contributed by atoms with Gasteiger partial charge in [0.05, 0.1) is 12.2 Å². The summed E-state index contributed by atoms with van der Waals surface area (Å²) in [6.45, 7) is 14.3. The molecule has 0 radical (unpaired) electrons. The third kappa shape index (κ3) is 4.59. The molecule has 1 fully saturated rings. The van der Waals surface area contributed by atoms with Crippen molar-refractivity contribution in [2.75, 3.05) is 13.2 Å². The Labute approximate surface area is 107 Å². The van der Waals surface area contributed by atoms with Gasteiger partial charge in [-0.15, -0.1) is 0 Å². The minimum Gasteiger partial charge on any atom is -0.396 e. The van der Waals surface area contributed by atoms with Crippen LogP contribution in [0.1, 0.15) is 54.4 Å². The fourth-order valence-electron chi connectivity index (χ4n) is 2.70. The summed E-state index contributed by atoms with van der Waals surface area (Å²) in [4.78, 5) is 0. The molecule has 0 heterocycles. The van der Waals surface area contributed by atoms with Crippen LogP contribution in [0, 0.1) is 23.2 Å². The van der Waals surface area contributed by atoms with E-state index in [9.17, 15) is 5.11 Å². The largest absolute Gasteiger partial charge is 0.396 e. The Balaban J connectivity index is 2.54. The van der Waals surface area contributed by atoms with E-state index in [0.29, 0.717) is 29.8 Å². The van der Waals surface area contributed by atoms with Crippen molar-refractivity contribution < 1.29 is 9.84 Å². The van der Waals surface area contributed by atoms with Crippen LogP contribution in [0.4, 0.5) is 0 Å². The zero-order valence-electron chi connectivity index (χ0n) is 12.4. The van der Waals surface area contributed by atoms with E-state index in [1.165, 1.54) is 6.42 Å². The number of ether oxygens (including phenoxy) is 1. The quantitative estimate of drug-likeness (QED) is 0.821. The van der Waals surface area contributed by atoms with Crippen LogP contribution in [0.3, 0.4) is 0 Å². The summed E-state index contributed by atoms with van der Waals surface area (Å²) >= 11 is 0. The van der Waals surface area contributed by atoms with Crippen molar-refractivity contribution in [3.63, 3.8) is 0 Å². The number of hydrogen-bond donors (Lipinski definition) is 1. The predicted molar refractivity (Wildman–Crippen MR) is 71.9 cm³/mol. The molecular weight excluding hydrogens is 212 g/mol. The molecule has 0 spiro atoms. The molecule has 2 nitrogen and oxygen atoms in total. The lowest BCUT2D eigenvalue weighted by atomic mass is 9.79. The van der Waals surface area contributed by atoms with Crippen molar-refractivity contribution >= 4 is 0 Å². The Bertz CT molecular complexity index is 234. The molecule has 0 aromatic rings. The normalized spacial score (nSPS) is 30.9. The summed E-state index contributed by atoms with van der Waals surface area (Å²) in [5.41, 5.74) is 0.281. The number of rotatable bonds is 3. The van der Waals surface area contributed by atoms with Crippen LogP contribution in [0.5, 0.6) is 0 Å². The maximum atomic E-state index is 9.49. The lowest BCUT2D eigenvalue weighted by Crippen LogP contribution is -2.26. The van der Waals surface area contributed by atoms with E-state index >= 15 is 0 Å². The van der Waals surface area contributed by atoms with Crippen molar-refractivity contribution in [3.05, 3.63) is 0 Å². The highest BCUT2D eigenvalue weighted by atomic mass is 16.5. The molecule has 0 aliphatic heterocycles. The fraction of sp³-hybridized carbons (Fsp3) is 1.00. The Kier molecular flexibility index (Phi) is 4.65. The zero-order chi connectivity index (χ0) is 13.3. The highest BCUT2D eigenvalue weighted by Crippen LogP contribution is 2.45. The minimum atomic E-state index is -0.0696. The maximum Gasteiger partial charge on any atom is 0.0598 e. The van der Waals surface area contributed by atoms with Crippen LogP contribution >= 0.6 is 0 Å². The number of aliphatic hydroxyl groups is 1. The standard InChI is InChI=1S/C15H30O2/c1-14(2,3)13-7-11(9-16)12(8-13)10-17-15(4,5)6/h11-13,16H,7-10H2,1-6H3/t11-,12-,13-/m0/s1. The van der Waals surface area contributed by atoms with Gasteiger partial charge in [0.1, 0.15) is 0 Å². The molecule has 0 bridgehead atoms. The van der Waals surface area contributed by atoms with E-state index in [1.807, 2.05) is 0 Å². The van der Waals surface area contributed by atoms with Gasteiger partial charge in [0.25, 0.3) is 0 Å². The number of hydrogen-bond acceptors (Lipinski definition) is 2. The molecule has 0 aromatic heterocycles. The predicted octanol–water partition coefficient (Wildman–Crippen LogP) is 3.48. The Morgan fingerprint density at radius 2 is 1.53 bits per heavy atom. The maximum absolute atomic E-state index is 9.49. The van der Waals surface area contributed by atoms with Gasteiger partial charge in [-0.3, -0.25) is 0 Å². The molecule has 0 amide bonds. The summed E-state index contributed by atoms with van der Waals surface area (Å²) in [6, 6.07) is 0. The third-order valence-corrected chi connectivity index (χ3v) is 4.03. The molecule has 1 aliphatic rings. The molecule has 1 saturated carbocycles. The Morgan fingerprint density at radius 1 is 1.00 bits per heavy atom. The summed E-state index contributed by atoms with van der Waals surface area (Å²) in [5, 5.41) is 9.49. The highest BCUT2D eigenvalue weighted by Gasteiger charge is 2.39. The smallest absolute Gasteiger partial charge is 0.0598 e.